The summed E-state index contributed by atoms with van der Waals surface area (Å²) in [4.78, 5) is 13.1. The lowest BCUT2D eigenvalue weighted by Gasteiger charge is -2.19. The van der Waals surface area contributed by atoms with Crippen molar-refractivity contribution in [2.45, 2.75) is 27.3 Å². The highest BCUT2D eigenvalue weighted by atomic mass is 16.2. The molecule has 0 bridgehead atoms. The lowest BCUT2D eigenvalue weighted by Crippen LogP contribution is -2.34. The highest BCUT2D eigenvalue weighted by Crippen LogP contribution is 2.18. The molecule has 1 aromatic rings. The third-order valence-electron chi connectivity index (χ3n) is 3.14. The van der Waals surface area contributed by atoms with Gasteiger partial charge in [-0.2, -0.15) is 0 Å². The molecule has 0 aliphatic carbocycles. The summed E-state index contributed by atoms with van der Waals surface area (Å²) in [6, 6.07) is 4.14. The summed E-state index contributed by atoms with van der Waals surface area (Å²) in [7, 11) is 3.44. The summed E-state index contributed by atoms with van der Waals surface area (Å²) in [5.74, 6) is 0. The normalized spacial score (nSPS) is 10.1. The summed E-state index contributed by atoms with van der Waals surface area (Å²) in [6.45, 7) is 6.98. The third kappa shape index (κ3) is 2.54. The summed E-state index contributed by atoms with van der Waals surface area (Å²) in [5.41, 5.74) is 5.08. The first kappa shape index (κ1) is 12.6. The van der Waals surface area contributed by atoms with Crippen LogP contribution in [0.15, 0.2) is 12.1 Å². The van der Waals surface area contributed by atoms with Gasteiger partial charge in [-0.3, -0.25) is 0 Å². The van der Waals surface area contributed by atoms with E-state index < -0.39 is 0 Å². The maximum absolute atomic E-state index is 11.4. The zero-order valence-electron chi connectivity index (χ0n) is 10.7. The van der Waals surface area contributed by atoms with E-state index in [1.807, 2.05) is 0 Å². The standard InChI is InChI=1S/C13H20N2O/c1-9-6-7-12(11(3)10(9)2)8-15(5)13(16)14-4/h6-7H,8H2,1-5H3,(H,14,16). The van der Waals surface area contributed by atoms with Crippen molar-refractivity contribution in [3.8, 4) is 0 Å². The molecule has 0 radical (unpaired) electrons. The Hall–Kier alpha value is -1.51. The molecule has 1 rings (SSSR count). The molecule has 3 heteroatoms. The number of benzene rings is 1. The molecule has 1 aromatic carbocycles. The van der Waals surface area contributed by atoms with Gasteiger partial charge in [-0.05, 0) is 43.0 Å². The molecule has 0 atom stereocenters. The molecule has 16 heavy (non-hydrogen) atoms. The highest BCUT2D eigenvalue weighted by Gasteiger charge is 2.09. The third-order valence-corrected chi connectivity index (χ3v) is 3.14. The van der Waals surface area contributed by atoms with Crippen LogP contribution in [0.2, 0.25) is 0 Å². The van der Waals surface area contributed by atoms with Gasteiger partial charge in [-0.25, -0.2) is 4.79 Å². The number of nitrogens with zero attached hydrogens (tertiary/aromatic N) is 1. The summed E-state index contributed by atoms with van der Waals surface area (Å²) in [5, 5.41) is 2.62. The molecular formula is C13H20N2O. The molecule has 0 fully saturated rings. The van der Waals surface area contributed by atoms with Crippen molar-refractivity contribution in [3.63, 3.8) is 0 Å². The van der Waals surface area contributed by atoms with E-state index in [4.69, 9.17) is 0 Å². The Morgan fingerprint density at radius 1 is 1.25 bits per heavy atom. The second-order valence-electron chi connectivity index (χ2n) is 4.20. The molecule has 0 aliphatic heterocycles. The molecule has 0 heterocycles. The van der Waals surface area contributed by atoms with Crippen molar-refractivity contribution in [3.05, 3.63) is 34.4 Å². The molecule has 88 valence electrons. The van der Waals surface area contributed by atoms with Gasteiger partial charge in [-0.1, -0.05) is 12.1 Å². The summed E-state index contributed by atoms with van der Waals surface area (Å²) in [6.07, 6.45) is 0. The van der Waals surface area contributed by atoms with Crippen LogP contribution in [-0.2, 0) is 6.54 Å². The molecule has 0 aliphatic rings. The van der Waals surface area contributed by atoms with E-state index in [-0.39, 0.29) is 6.03 Å². The van der Waals surface area contributed by atoms with Gasteiger partial charge in [0.1, 0.15) is 0 Å². The first-order valence-electron chi connectivity index (χ1n) is 5.46. The number of carbonyl (C=O) groups excluding carboxylic acids is 1. The fourth-order valence-electron chi connectivity index (χ4n) is 1.70. The van der Waals surface area contributed by atoms with Gasteiger partial charge in [0.05, 0.1) is 0 Å². The van der Waals surface area contributed by atoms with Crippen LogP contribution < -0.4 is 5.32 Å². The van der Waals surface area contributed by atoms with Gasteiger partial charge in [0.25, 0.3) is 0 Å². The van der Waals surface area contributed by atoms with Gasteiger partial charge in [0.15, 0.2) is 0 Å². The Morgan fingerprint density at radius 3 is 2.44 bits per heavy atom. The number of hydrogen-bond acceptors (Lipinski definition) is 1. The second kappa shape index (κ2) is 5.01. The highest BCUT2D eigenvalue weighted by molar-refractivity contribution is 5.73. The molecule has 3 nitrogen and oxygen atoms in total. The van der Waals surface area contributed by atoms with Crippen LogP contribution in [0.4, 0.5) is 4.79 Å². The molecule has 0 saturated carbocycles. The van der Waals surface area contributed by atoms with E-state index in [0.29, 0.717) is 6.54 Å². The molecule has 1 N–H and O–H groups in total. The van der Waals surface area contributed by atoms with Gasteiger partial charge in [0.2, 0.25) is 0 Å². The number of hydrogen-bond donors (Lipinski definition) is 1. The zero-order valence-corrected chi connectivity index (χ0v) is 10.7. The largest absolute Gasteiger partial charge is 0.341 e. The zero-order chi connectivity index (χ0) is 12.3. The molecule has 0 unspecified atom stereocenters. The van der Waals surface area contributed by atoms with Gasteiger partial charge >= 0.3 is 6.03 Å². The summed E-state index contributed by atoms with van der Waals surface area (Å²) >= 11 is 0. The van der Waals surface area contributed by atoms with Crippen LogP contribution in [-0.4, -0.2) is 25.0 Å². The Bertz CT molecular complexity index is 399. The first-order chi connectivity index (χ1) is 7.47. The SMILES string of the molecule is CNC(=O)N(C)Cc1ccc(C)c(C)c1C. The van der Waals surface area contributed by atoms with E-state index in [1.165, 1.54) is 22.3 Å². The summed E-state index contributed by atoms with van der Waals surface area (Å²) < 4.78 is 0. The molecule has 0 aromatic heterocycles. The lowest BCUT2D eigenvalue weighted by molar-refractivity contribution is 0.209. The van der Waals surface area contributed by atoms with Crippen molar-refractivity contribution in [2.24, 2.45) is 0 Å². The van der Waals surface area contributed by atoms with Crippen LogP contribution in [0.3, 0.4) is 0 Å². The maximum Gasteiger partial charge on any atom is 0.317 e. The van der Waals surface area contributed by atoms with Crippen LogP contribution >= 0.6 is 0 Å². The quantitative estimate of drug-likeness (QED) is 0.815. The predicted octanol–water partition coefficient (Wildman–Crippen LogP) is 2.38. The fraction of sp³-hybridized carbons (Fsp3) is 0.462. The van der Waals surface area contributed by atoms with Crippen molar-refractivity contribution in [1.29, 1.82) is 0 Å². The van der Waals surface area contributed by atoms with Crippen LogP contribution in [0.25, 0.3) is 0 Å². The van der Waals surface area contributed by atoms with Gasteiger partial charge in [-0.15, -0.1) is 0 Å². The van der Waals surface area contributed by atoms with Crippen molar-refractivity contribution >= 4 is 6.03 Å². The Labute approximate surface area is 97.5 Å². The fourth-order valence-corrected chi connectivity index (χ4v) is 1.70. The minimum absolute atomic E-state index is 0.0578. The predicted molar refractivity (Wildman–Crippen MR) is 66.6 cm³/mol. The van der Waals surface area contributed by atoms with E-state index >= 15 is 0 Å². The van der Waals surface area contributed by atoms with Crippen LogP contribution in [0.5, 0.6) is 0 Å². The minimum atomic E-state index is -0.0578. The van der Waals surface area contributed by atoms with E-state index in [0.717, 1.165) is 0 Å². The Balaban J connectivity index is 2.90. The monoisotopic (exact) mass is 220 g/mol. The van der Waals surface area contributed by atoms with Gasteiger partial charge in [0, 0.05) is 20.6 Å². The topological polar surface area (TPSA) is 32.3 Å². The van der Waals surface area contributed by atoms with Crippen LogP contribution in [0, 0.1) is 20.8 Å². The van der Waals surface area contributed by atoms with Crippen molar-refractivity contribution < 1.29 is 4.79 Å². The molecule has 0 saturated heterocycles. The lowest BCUT2D eigenvalue weighted by atomic mass is 9.99. The number of urea groups is 1. The van der Waals surface area contributed by atoms with E-state index in [2.05, 4.69) is 38.2 Å². The van der Waals surface area contributed by atoms with E-state index in [9.17, 15) is 4.79 Å². The average Bonchev–Trinajstić information content (AvgIpc) is 2.28. The number of nitrogens with one attached hydrogen (secondary N) is 1. The smallest absolute Gasteiger partial charge is 0.317 e. The van der Waals surface area contributed by atoms with Crippen LogP contribution in [0.1, 0.15) is 22.3 Å². The molecule has 2 amide bonds. The first-order valence-corrected chi connectivity index (χ1v) is 5.46. The Kier molecular flexibility index (Phi) is 3.93. The second-order valence-corrected chi connectivity index (χ2v) is 4.20. The van der Waals surface area contributed by atoms with Crippen molar-refractivity contribution in [2.75, 3.05) is 14.1 Å². The van der Waals surface area contributed by atoms with Crippen molar-refractivity contribution in [1.82, 2.24) is 10.2 Å². The Morgan fingerprint density at radius 2 is 1.88 bits per heavy atom. The minimum Gasteiger partial charge on any atom is -0.341 e. The number of aryl methyl sites for hydroxylation is 1. The van der Waals surface area contributed by atoms with Gasteiger partial charge < -0.3 is 10.2 Å². The number of amides is 2. The molecular weight excluding hydrogens is 200 g/mol. The van der Waals surface area contributed by atoms with E-state index in [1.54, 1.807) is 19.0 Å². The average molecular weight is 220 g/mol. The molecule has 0 spiro atoms. The number of carbonyl (C=O) groups is 1. The number of rotatable bonds is 2. The maximum atomic E-state index is 11.4.